The molecule has 0 radical (unpaired) electrons. The largest absolute Gasteiger partial charge is 0.367 e. The van der Waals surface area contributed by atoms with E-state index in [1.54, 1.807) is 32.7 Å². The number of nitrogens with one attached hydrogen (secondary N) is 3. The number of amides is 2. The van der Waals surface area contributed by atoms with Gasteiger partial charge in [0, 0.05) is 7.11 Å². The molecule has 0 aromatic rings. The van der Waals surface area contributed by atoms with Gasteiger partial charge in [-0.15, -0.1) is 0 Å². The van der Waals surface area contributed by atoms with Gasteiger partial charge >= 0.3 is 17.8 Å². The molecule has 2 amide bonds. The van der Waals surface area contributed by atoms with Gasteiger partial charge in [-0.2, -0.15) is 0 Å². The van der Waals surface area contributed by atoms with Gasteiger partial charge in [0.1, 0.15) is 0 Å². The standard InChI is InChI=1S/C27H58N6O7/c1-13-19-21-39-33(40-22(7)8)24(35)25(32(16-4)17-5,27(28-9,29-15-3)31(10)11)30-23(34)26(36-12,37-18-6)38-20-14-2/h22,28-29H,13-21H2,1-12H3,(H,30,34). The summed E-state index contributed by atoms with van der Waals surface area (Å²) < 4.78 is 17.2. The summed E-state index contributed by atoms with van der Waals surface area (Å²) in [6.45, 7) is 16.7. The second-order valence-corrected chi connectivity index (χ2v) is 9.67. The van der Waals surface area contributed by atoms with Crippen molar-refractivity contribution in [3.63, 3.8) is 0 Å². The molecule has 0 bridgehead atoms. The SMILES string of the molecule is CCCCON(OC(C)C)C(=O)C(NC(=O)C(OC)(OCC)OCCC)(N(CC)CC)C(NC)(NCC)N(C)C. The Balaban J connectivity index is 7.61. The predicted octanol–water partition coefficient (Wildman–Crippen LogP) is 1.85. The summed E-state index contributed by atoms with van der Waals surface area (Å²) >= 11 is 0. The van der Waals surface area contributed by atoms with Crippen molar-refractivity contribution in [3.05, 3.63) is 0 Å². The second-order valence-electron chi connectivity index (χ2n) is 9.67. The fourth-order valence-corrected chi connectivity index (χ4v) is 4.60. The lowest BCUT2D eigenvalue weighted by atomic mass is 9.94. The maximum Gasteiger partial charge on any atom is 0.367 e. The molecule has 0 saturated heterocycles. The molecule has 0 saturated carbocycles. The smallest absolute Gasteiger partial charge is 0.323 e. The molecule has 0 spiro atoms. The molecule has 40 heavy (non-hydrogen) atoms. The van der Waals surface area contributed by atoms with Crippen molar-refractivity contribution < 1.29 is 33.5 Å². The quantitative estimate of drug-likeness (QED) is 0.0934. The molecule has 0 rings (SSSR count). The number of hydroxylamine groups is 2. The van der Waals surface area contributed by atoms with E-state index < -0.39 is 35.3 Å². The van der Waals surface area contributed by atoms with E-state index in [2.05, 4.69) is 16.0 Å². The molecule has 0 aliphatic heterocycles. The molecule has 13 nitrogen and oxygen atoms in total. The number of ether oxygens (including phenoxy) is 3. The number of carbonyl (C=O) groups excluding carboxylic acids is 2. The molecular formula is C27H58N6O7. The van der Waals surface area contributed by atoms with E-state index in [1.807, 2.05) is 53.6 Å². The van der Waals surface area contributed by atoms with Crippen LogP contribution >= 0.6 is 0 Å². The number of rotatable bonds is 23. The van der Waals surface area contributed by atoms with Crippen molar-refractivity contribution >= 4 is 11.8 Å². The number of methoxy groups -OCH3 is 1. The highest BCUT2D eigenvalue weighted by molar-refractivity contribution is 5.93. The Bertz CT molecular complexity index is 727. The van der Waals surface area contributed by atoms with Crippen LogP contribution in [0.5, 0.6) is 0 Å². The first-order valence-electron chi connectivity index (χ1n) is 14.6. The van der Waals surface area contributed by atoms with Gasteiger partial charge in [0.25, 0.3) is 0 Å². The number of carbonyl (C=O) groups is 2. The Morgan fingerprint density at radius 3 is 1.95 bits per heavy atom. The molecule has 3 N–H and O–H groups in total. The van der Waals surface area contributed by atoms with Gasteiger partial charge in [-0.1, -0.05) is 46.3 Å². The second kappa shape index (κ2) is 18.9. The van der Waals surface area contributed by atoms with E-state index in [-0.39, 0.29) is 19.8 Å². The summed E-state index contributed by atoms with van der Waals surface area (Å²) in [5.74, 6) is -4.93. The zero-order valence-electron chi connectivity index (χ0n) is 27.1. The summed E-state index contributed by atoms with van der Waals surface area (Å²) in [4.78, 5) is 44.7. The first-order chi connectivity index (χ1) is 18.9. The van der Waals surface area contributed by atoms with E-state index in [0.29, 0.717) is 32.5 Å². The summed E-state index contributed by atoms with van der Waals surface area (Å²) in [5, 5.41) is 10.6. The first kappa shape index (κ1) is 38.6. The van der Waals surface area contributed by atoms with Crippen molar-refractivity contribution in [3.8, 4) is 0 Å². The van der Waals surface area contributed by atoms with Crippen LogP contribution in [0.4, 0.5) is 0 Å². The maximum atomic E-state index is 15.0. The lowest BCUT2D eigenvalue weighted by Gasteiger charge is -2.57. The highest BCUT2D eigenvalue weighted by Crippen LogP contribution is 2.32. The predicted molar refractivity (Wildman–Crippen MR) is 154 cm³/mol. The first-order valence-corrected chi connectivity index (χ1v) is 14.6. The summed E-state index contributed by atoms with van der Waals surface area (Å²) in [7, 11) is 6.66. The topological polar surface area (TPSA) is 126 Å². The third-order valence-corrected chi connectivity index (χ3v) is 6.39. The van der Waals surface area contributed by atoms with Crippen molar-refractivity contribution in [1.29, 1.82) is 0 Å². The Morgan fingerprint density at radius 2 is 1.55 bits per heavy atom. The molecule has 3 atom stereocenters. The van der Waals surface area contributed by atoms with Crippen LogP contribution in [-0.2, 0) is 33.5 Å². The number of nitrogens with zero attached hydrogens (tertiary/aromatic N) is 3. The van der Waals surface area contributed by atoms with Gasteiger partial charge in [-0.3, -0.25) is 30.0 Å². The monoisotopic (exact) mass is 578 g/mol. The Hall–Kier alpha value is -1.42. The number of likely N-dealkylation sites (N-methyl/N-ethyl adjacent to an activating group) is 4. The minimum Gasteiger partial charge on any atom is -0.323 e. The van der Waals surface area contributed by atoms with Crippen molar-refractivity contribution in [2.45, 2.75) is 98.2 Å². The summed E-state index contributed by atoms with van der Waals surface area (Å²) in [6, 6.07) is 0. The van der Waals surface area contributed by atoms with Gasteiger partial charge in [-0.25, -0.2) is 9.68 Å². The fraction of sp³-hybridized carbons (Fsp3) is 0.926. The van der Waals surface area contributed by atoms with E-state index in [0.717, 1.165) is 11.6 Å². The molecule has 0 aliphatic rings. The molecule has 0 aliphatic carbocycles. The van der Waals surface area contributed by atoms with Crippen molar-refractivity contribution in [2.24, 2.45) is 0 Å². The number of hydrogen-bond acceptors (Lipinski definition) is 11. The minimum absolute atomic E-state index is 0.123. The van der Waals surface area contributed by atoms with Gasteiger partial charge in [0.05, 0.1) is 25.9 Å². The van der Waals surface area contributed by atoms with Gasteiger partial charge in [-0.05, 0) is 74.4 Å². The highest BCUT2D eigenvalue weighted by atomic mass is 17.0. The summed E-state index contributed by atoms with van der Waals surface area (Å²) in [6.07, 6.45) is 1.78. The molecular weight excluding hydrogens is 520 g/mol. The van der Waals surface area contributed by atoms with Crippen LogP contribution in [0, 0.1) is 0 Å². The van der Waals surface area contributed by atoms with Crippen molar-refractivity contribution in [1.82, 2.24) is 31.0 Å². The van der Waals surface area contributed by atoms with Crippen LogP contribution < -0.4 is 16.0 Å². The average molecular weight is 579 g/mol. The molecule has 0 aromatic heterocycles. The Labute approximate surface area is 242 Å². The lowest BCUT2D eigenvalue weighted by molar-refractivity contribution is -0.365. The molecule has 3 unspecified atom stereocenters. The average Bonchev–Trinajstić information content (AvgIpc) is 2.92. The van der Waals surface area contributed by atoms with E-state index in [4.69, 9.17) is 23.9 Å². The lowest BCUT2D eigenvalue weighted by Crippen LogP contribution is -2.90. The highest BCUT2D eigenvalue weighted by Gasteiger charge is 2.65. The van der Waals surface area contributed by atoms with Crippen molar-refractivity contribution in [2.75, 3.05) is 67.7 Å². The number of unbranched alkanes of at least 4 members (excludes halogenated alkanes) is 1. The van der Waals surface area contributed by atoms with E-state index in [1.165, 1.54) is 7.11 Å². The van der Waals surface area contributed by atoms with E-state index in [9.17, 15) is 9.59 Å². The number of hydrogen-bond donors (Lipinski definition) is 3. The zero-order chi connectivity index (χ0) is 31.0. The van der Waals surface area contributed by atoms with Crippen LogP contribution in [0.1, 0.15) is 74.7 Å². The van der Waals surface area contributed by atoms with Crippen LogP contribution in [0.2, 0.25) is 0 Å². The third-order valence-electron chi connectivity index (χ3n) is 6.39. The maximum absolute atomic E-state index is 15.0. The Kier molecular flexibility index (Phi) is 18.2. The molecule has 238 valence electrons. The molecule has 0 fully saturated rings. The Morgan fingerprint density at radius 1 is 0.925 bits per heavy atom. The van der Waals surface area contributed by atoms with Crippen LogP contribution in [-0.4, -0.2) is 118 Å². The summed E-state index contributed by atoms with van der Waals surface area (Å²) in [5.41, 5.74) is -1.88. The fourth-order valence-electron chi connectivity index (χ4n) is 4.60. The zero-order valence-corrected chi connectivity index (χ0v) is 27.1. The molecule has 0 aromatic carbocycles. The van der Waals surface area contributed by atoms with Gasteiger partial charge < -0.3 is 19.5 Å². The third kappa shape index (κ3) is 8.79. The van der Waals surface area contributed by atoms with Crippen LogP contribution in [0.3, 0.4) is 0 Å². The van der Waals surface area contributed by atoms with E-state index >= 15 is 0 Å². The van der Waals surface area contributed by atoms with Crippen LogP contribution in [0.15, 0.2) is 0 Å². The molecule has 0 heterocycles. The normalized spacial score (nSPS) is 16.6. The van der Waals surface area contributed by atoms with Gasteiger partial charge in [0.15, 0.2) is 5.79 Å². The van der Waals surface area contributed by atoms with Gasteiger partial charge in [0.2, 0.25) is 5.66 Å². The molecule has 13 heteroatoms. The van der Waals surface area contributed by atoms with Crippen LogP contribution in [0.25, 0.3) is 0 Å². The minimum atomic E-state index is -2.10.